The van der Waals surface area contributed by atoms with Crippen LogP contribution in [0.25, 0.3) is 0 Å². The Kier molecular flexibility index (Phi) is 5.61. The first kappa shape index (κ1) is 16.7. The van der Waals surface area contributed by atoms with Gasteiger partial charge >= 0.3 is 0 Å². The summed E-state index contributed by atoms with van der Waals surface area (Å²) in [4.78, 5) is 12.4. The first-order valence-corrected chi connectivity index (χ1v) is 9.22. The first-order chi connectivity index (χ1) is 11.8. The SMILES string of the molecule is COc1ccccc1C(=O)Cc1nnc(SCc2ccccc2)s1. The molecule has 1 aromatic heterocycles. The lowest BCUT2D eigenvalue weighted by atomic mass is 10.1. The molecule has 0 fully saturated rings. The fraction of sp³-hybridized carbons (Fsp3) is 0.167. The third kappa shape index (κ3) is 4.21. The van der Waals surface area contributed by atoms with Crippen molar-refractivity contribution in [3.8, 4) is 5.75 Å². The van der Waals surface area contributed by atoms with E-state index < -0.39 is 0 Å². The van der Waals surface area contributed by atoms with Gasteiger partial charge < -0.3 is 4.74 Å². The molecule has 0 aliphatic rings. The zero-order valence-corrected chi connectivity index (χ0v) is 14.8. The van der Waals surface area contributed by atoms with Crippen LogP contribution in [0, 0.1) is 0 Å². The number of ketones is 1. The van der Waals surface area contributed by atoms with E-state index in [1.165, 1.54) is 16.9 Å². The molecule has 0 N–H and O–H groups in total. The molecule has 24 heavy (non-hydrogen) atoms. The summed E-state index contributed by atoms with van der Waals surface area (Å²) in [5.74, 6) is 1.42. The van der Waals surface area contributed by atoms with E-state index in [0.717, 1.165) is 15.1 Å². The molecule has 1 heterocycles. The molecule has 3 aromatic rings. The number of carbonyl (C=O) groups is 1. The van der Waals surface area contributed by atoms with E-state index in [1.54, 1.807) is 31.0 Å². The third-order valence-electron chi connectivity index (χ3n) is 3.37. The van der Waals surface area contributed by atoms with E-state index in [-0.39, 0.29) is 12.2 Å². The number of benzene rings is 2. The topological polar surface area (TPSA) is 52.1 Å². The van der Waals surface area contributed by atoms with Crippen LogP contribution in [-0.2, 0) is 12.2 Å². The average Bonchev–Trinajstić information content (AvgIpc) is 3.08. The molecule has 3 rings (SSSR count). The molecule has 0 saturated carbocycles. The van der Waals surface area contributed by atoms with Gasteiger partial charge in [-0.05, 0) is 17.7 Å². The lowest BCUT2D eigenvalue weighted by Gasteiger charge is -2.05. The zero-order valence-electron chi connectivity index (χ0n) is 13.1. The lowest BCUT2D eigenvalue weighted by molar-refractivity contribution is 0.0990. The van der Waals surface area contributed by atoms with Crippen molar-refractivity contribution in [1.29, 1.82) is 0 Å². The van der Waals surface area contributed by atoms with E-state index in [9.17, 15) is 4.79 Å². The number of ether oxygens (including phenoxy) is 1. The normalized spacial score (nSPS) is 10.5. The highest BCUT2D eigenvalue weighted by atomic mass is 32.2. The van der Waals surface area contributed by atoms with E-state index >= 15 is 0 Å². The van der Waals surface area contributed by atoms with Crippen molar-refractivity contribution in [1.82, 2.24) is 10.2 Å². The summed E-state index contributed by atoms with van der Waals surface area (Å²) >= 11 is 3.10. The van der Waals surface area contributed by atoms with E-state index in [4.69, 9.17) is 4.74 Å². The first-order valence-electron chi connectivity index (χ1n) is 7.41. The van der Waals surface area contributed by atoms with Crippen LogP contribution in [0.15, 0.2) is 58.9 Å². The minimum atomic E-state index is -0.0109. The maximum absolute atomic E-state index is 12.4. The smallest absolute Gasteiger partial charge is 0.174 e. The summed E-state index contributed by atoms with van der Waals surface area (Å²) in [7, 11) is 1.56. The molecule has 0 aliphatic carbocycles. The Morgan fingerprint density at radius 3 is 2.62 bits per heavy atom. The van der Waals surface area contributed by atoms with Crippen molar-refractivity contribution in [2.75, 3.05) is 7.11 Å². The van der Waals surface area contributed by atoms with Crippen LogP contribution < -0.4 is 4.74 Å². The van der Waals surface area contributed by atoms with Crippen LogP contribution in [0.2, 0.25) is 0 Å². The number of para-hydroxylation sites is 1. The van der Waals surface area contributed by atoms with Gasteiger partial charge in [-0.15, -0.1) is 10.2 Å². The predicted octanol–water partition coefficient (Wildman–Crippen LogP) is 4.26. The van der Waals surface area contributed by atoms with E-state index in [1.807, 2.05) is 30.3 Å². The highest BCUT2D eigenvalue weighted by molar-refractivity contribution is 8.00. The molecule has 0 radical (unpaired) electrons. The van der Waals surface area contributed by atoms with Crippen molar-refractivity contribution >= 4 is 28.9 Å². The van der Waals surface area contributed by atoms with Crippen LogP contribution in [0.5, 0.6) is 5.75 Å². The molecular formula is C18H16N2O2S2. The summed E-state index contributed by atoms with van der Waals surface area (Å²) in [6.07, 6.45) is 0.240. The van der Waals surface area contributed by atoms with Gasteiger partial charge in [0.05, 0.1) is 19.1 Å². The van der Waals surface area contributed by atoms with Crippen LogP contribution in [0.4, 0.5) is 0 Å². The van der Waals surface area contributed by atoms with Crippen molar-refractivity contribution < 1.29 is 9.53 Å². The number of methoxy groups -OCH3 is 1. The number of Topliss-reactive ketones (excluding diaryl/α,β-unsaturated/α-hetero) is 1. The molecule has 122 valence electrons. The lowest BCUT2D eigenvalue weighted by Crippen LogP contribution is -2.05. The van der Waals surface area contributed by atoms with Crippen molar-refractivity contribution in [2.24, 2.45) is 0 Å². The monoisotopic (exact) mass is 356 g/mol. The van der Waals surface area contributed by atoms with Crippen molar-refractivity contribution in [3.05, 3.63) is 70.7 Å². The molecule has 4 nitrogen and oxygen atoms in total. The predicted molar refractivity (Wildman–Crippen MR) is 96.9 cm³/mol. The van der Waals surface area contributed by atoms with Gasteiger partial charge in [-0.3, -0.25) is 4.79 Å². The molecular weight excluding hydrogens is 340 g/mol. The number of hydrogen-bond acceptors (Lipinski definition) is 6. The summed E-state index contributed by atoms with van der Waals surface area (Å²) in [5, 5.41) is 9.03. The molecule has 0 aliphatic heterocycles. The van der Waals surface area contributed by atoms with Gasteiger partial charge in [0.25, 0.3) is 0 Å². The highest BCUT2D eigenvalue weighted by Crippen LogP contribution is 2.27. The van der Waals surface area contributed by atoms with Crippen LogP contribution in [0.1, 0.15) is 20.9 Å². The van der Waals surface area contributed by atoms with Gasteiger partial charge in [-0.1, -0.05) is 65.6 Å². The summed E-state index contributed by atoms with van der Waals surface area (Å²) < 4.78 is 6.12. The molecule has 0 amide bonds. The number of nitrogens with zero attached hydrogens (tertiary/aromatic N) is 2. The quantitative estimate of drug-likeness (QED) is 0.467. The van der Waals surface area contributed by atoms with Crippen molar-refractivity contribution in [3.63, 3.8) is 0 Å². The number of carbonyl (C=O) groups excluding carboxylic acids is 1. The average molecular weight is 356 g/mol. The molecule has 0 spiro atoms. The minimum absolute atomic E-state index is 0.0109. The third-order valence-corrected chi connectivity index (χ3v) is 5.50. The van der Waals surface area contributed by atoms with Gasteiger partial charge in [0.1, 0.15) is 10.8 Å². The molecule has 2 aromatic carbocycles. The van der Waals surface area contributed by atoms with Gasteiger partial charge in [0, 0.05) is 5.75 Å². The minimum Gasteiger partial charge on any atom is -0.496 e. The second-order valence-corrected chi connectivity index (χ2v) is 7.32. The Morgan fingerprint density at radius 1 is 1.08 bits per heavy atom. The summed E-state index contributed by atoms with van der Waals surface area (Å²) in [6.45, 7) is 0. The fourth-order valence-electron chi connectivity index (χ4n) is 2.19. The summed E-state index contributed by atoms with van der Waals surface area (Å²) in [6, 6.07) is 17.4. The Bertz CT molecular complexity index is 819. The zero-order chi connectivity index (χ0) is 16.8. The van der Waals surface area contributed by atoms with Gasteiger partial charge in [0.2, 0.25) is 0 Å². The Morgan fingerprint density at radius 2 is 1.83 bits per heavy atom. The second-order valence-electron chi connectivity index (χ2n) is 5.04. The number of aromatic nitrogens is 2. The maximum atomic E-state index is 12.4. The Hall–Kier alpha value is -2.18. The van der Waals surface area contributed by atoms with E-state index in [2.05, 4.69) is 22.3 Å². The van der Waals surface area contributed by atoms with E-state index in [0.29, 0.717) is 11.3 Å². The molecule has 0 bridgehead atoms. The van der Waals surface area contributed by atoms with Gasteiger partial charge in [-0.25, -0.2) is 0 Å². The maximum Gasteiger partial charge on any atom is 0.174 e. The number of hydrogen-bond donors (Lipinski definition) is 0. The molecule has 0 unspecified atom stereocenters. The van der Waals surface area contributed by atoms with Crippen molar-refractivity contribution in [2.45, 2.75) is 16.5 Å². The van der Waals surface area contributed by atoms with Crippen LogP contribution >= 0.6 is 23.1 Å². The Balaban J connectivity index is 1.62. The van der Waals surface area contributed by atoms with Gasteiger partial charge in [-0.2, -0.15) is 0 Å². The fourth-order valence-corrected chi connectivity index (χ4v) is 4.05. The van der Waals surface area contributed by atoms with Gasteiger partial charge in [0.15, 0.2) is 10.1 Å². The standard InChI is InChI=1S/C18H16N2O2S2/c1-22-16-10-6-5-9-14(16)15(21)11-17-19-20-18(24-17)23-12-13-7-3-2-4-8-13/h2-10H,11-12H2,1H3. The number of thioether (sulfide) groups is 1. The molecule has 0 saturated heterocycles. The molecule has 6 heteroatoms. The second kappa shape index (κ2) is 8.08. The van der Waals surface area contributed by atoms with Crippen LogP contribution in [-0.4, -0.2) is 23.1 Å². The Labute approximate surface area is 148 Å². The molecule has 0 atom stereocenters. The highest BCUT2D eigenvalue weighted by Gasteiger charge is 2.15. The number of rotatable bonds is 7. The van der Waals surface area contributed by atoms with Crippen LogP contribution in [0.3, 0.4) is 0 Å². The summed E-state index contributed by atoms with van der Waals surface area (Å²) in [5.41, 5.74) is 1.82. The largest absolute Gasteiger partial charge is 0.496 e.